The van der Waals surface area contributed by atoms with Gasteiger partial charge in [-0.25, -0.2) is 0 Å². The Kier molecular flexibility index (Phi) is 2.33. The summed E-state index contributed by atoms with van der Waals surface area (Å²) in [6.45, 7) is 0. The molecule has 0 N–H and O–H groups in total. The van der Waals surface area contributed by atoms with E-state index in [1.807, 2.05) is 0 Å². The summed E-state index contributed by atoms with van der Waals surface area (Å²) < 4.78 is -0.250. The van der Waals surface area contributed by atoms with Crippen LogP contribution in [0.15, 0.2) is 0 Å². The second-order valence-electron chi connectivity index (χ2n) is 0.692. The number of hydrogen-bond acceptors (Lipinski definition) is 4. The van der Waals surface area contributed by atoms with Crippen molar-refractivity contribution in [2.75, 3.05) is 0 Å². The molecule has 0 radical (unpaired) electrons. The standard InChI is InChI=1S/N3O4.Pt/c4-2(5)1-3(6)7;/q-1;+1. The molecule has 8 heteroatoms. The summed E-state index contributed by atoms with van der Waals surface area (Å²) in [6.07, 6.45) is 0. The summed E-state index contributed by atoms with van der Waals surface area (Å²) >= 11 is 0.941. The minimum atomic E-state index is -1.14. The van der Waals surface area contributed by atoms with E-state index in [0.29, 0.717) is 0 Å². The van der Waals surface area contributed by atoms with Gasteiger partial charge in [0.2, 0.25) is 0 Å². The molecule has 0 aromatic carbocycles. The molecule has 0 aliphatic heterocycles. The third-order valence-electron chi connectivity index (χ3n) is 0.249. The van der Waals surface area contributed by atoms with Gasteiger partial charge in [0.15, 0.2) is 0 Å². The van der Waals surface area contributed by atoms with Crippen LogP contribution >= 0.6 is 0 Å². The maximum atomic E-state index is 9.42. The molecule has 0 rings (SSSR count). The zero-order valence-electron chi connectivity index (χ0n) is 3.29. The maximum absolute atomic E-state index is 9.42. The average molecular weight is 301 g/mol. The molecule has 0 saturated carbocycles. The molecule has 0 saturated heterocycles. The monoisotopic (exact) mass is 301 g/mol. The van der Waals surface area contributed by atoms with E-state index in [1.165, 1.54) is 0 Å². The fourth-order valence-corrected chi connectivity index (χ4v) is 0.0596. The van der Waals surface area contributed by atoms with Crippen LogP contribution in [0.5, 0.6) is 0 Å². The fraction of sp³-hybridized carbons (Fsp3) is 0. The number of hydrogen-bond donors (Lipinski definition) is 0. The predicted molar refractivity (Wildman–Crippen MR) is 15.8 cm³/mol. The summed E-state index contributed by atoms with van der Waals surface area (Å²) in [7, 11) is 0. The van der Waals surface area contributed by atoms with Gasteiger partial charge < -0.3 is 0 Å². The van der Waals surface area contributed by atoms with E-state index < -0.39 is 10.1 Å². The quantitative estimate of drug-likeness (QED) is 0.489. The summed E-state index contributed by atoms with van der Waals surface area (Å²) in [5, 5.41) is 16.6. The van der Waals surface area contributed by atoms with Gasteiger partial charge in [-0.1, -0.05) is 0 Å². The van der Waals surface area contributed by atoms with Gasteiger partial charge in [0.25, 0.3) is 0 Å². The van der Waals surface area contributed by atoms with Crippen LogP contribution in [0.1, 0.15) is 0 Å². The molecular formula is N3O4Pt. The molecule has 0 unspecified atom stereocenters. The van der Waals surface area contributed by atoms with Crippen molar-refractivity contribution in [3.63, 3.8) is 0 Å². The van der Waals surface area contributed by atoms with E-state index in [0.717, 1.165) is 20.1 Å². The zero-order valence-corrected chi connectivity index (χ0v) is 5.56. The van der Waals surface area contributed by atoms with Crippen LogP contribution in [0.2, 0.25) is 0 Å². The number of rotatable bonds is 2. The number of nitrogens with zero attached hydrogens (tertiary/aromatic N) is 3. The first-order valence-corrected chi connectivity index (χ1v) is 2.29. The number of nitro groups is 2. The molecule has 0 aliphatic rings. The van der Waals surface area contributed by atoms with Crippen molar-refractivity contribution in [3.05, 3.63) is 20.2 Å². The minimum absolute atomic E-state index is 0.250. The topological polar surface area (TPSA) is 89.5 Å². The van der Waals surface area contributed by atoms with Crippen LogP contribution in [-0.2, 0) is 20.1 Å². The summed E-state index contributed by atoms with van der Waals surface area (Å²) in [4.78, 5) is 18.8. The van der Waals surface area contributed by atoms with Crippen LogP contribution in [0.3, 0.4) is 0 Å². The molecule has 49 valence electrons. The summed E-state index contributed by atoms with van der Waals surface area (Å²) in [5.74, 6) is 0. The Bertz CT molecular complexity index is 106. The van der Waals surface area contributed by atoms with Gasteiger partial charge in [0.1, 0.15) is 0 Å². The van der Waals surface area contributed by atoms with Crippen LogP contribution in [0.4, 0.5) is 0 Å². The Morgan fingerprint density at radius 3 is 1.50 bits per heavy atom. The Balaban J connectivity index is 3.83. The van der Waals surface area contributed by atoms with Crippen molar-refractivity contribution in [2.24, 2.45) is 0 Å². The van der Waals surface area contributed by atoms with Crippen molar-refractivity contribution < 1.29 is 30.1 Å². The number of hydrazine groups is 2. The molecular weight excluding hydrogens is 301 g/mol. The van der Waals surface area contributed by atoms with Crippen molar-refractivity contribution in [1.82, 2.24) is 3.68 Å². The normalized spacial score (nSPS) is 8.25. The van der Waals surface area contributed by atoms with E-state index in [4.69, 9.17) is 0 Å². The molecule has 0 atom stereocenters. The molecule has 0 aromatic heterocycles. The van der Waals surface area contributed by atoms with Crippen molar-refractivity contribution in [3.8, 4) is 0 Å². The van der Waals surface area contributed by atoms with Crippen LogP contribution in [-0.4, -0.2) is 13.7 Å². The molecule has 0 heterocycles. The average Bonchev–Trinajstić information content (AvgIpc) is 1.64. The van der Waals surface area contributed by atoms with E-state index >= 15 is 0 Å². The predicted octanol–water partition coefficient (Wildman–Crippen LogP) is -0.866. The summed E-state index contributed by atoms with van der Waals surface area (Å²) in [5.41, 5.74) is 0. The zero-order chi connectivity index (χ0) is 6.73. The van der Waals surface area contributed by atoms with Gasteiger partial charge in [-0.05, 0) is 0 Å². The molecule has 7 nitrogen and oxygen atoms in total. The van der Waals surface area contributed by atoms with Gasteiger partial charge in [0.05, 0.1) is 0 Å². The molecule has 0 aromatic rings. The van der Waals surface area contributed by atoms with Gasteiger partial charge in [0, 0.05) is 0 Å². The third-order valence-corrected chi connectivity index (χ3v) is 0.991. The van der Waals surface area contributed by atoms with E-state index in [-0.39, 0.29) is 3.68 Å². The van der Waals surface area contributed by atoms with E-state index in [9.17, 15) is 20.2 Å². The van der Waals surface area contributed by atoms with Crippen molar-refractivity contribution in [2.45, 2.75) is 0 Å². The molecule has 0 amide bonds. The van der Waals surface area contributed by atoms with E-state index in [2.05, 4.69) is 0 Å². The second kappa shape index (κ2) is 2.56. The Hall–Kier alpha value is -0.712. The SMILES string of the molecule is O=[N+]([O-])[N]([Pt])[N+](=O)[O-]. The Morgan fingerprint density at radius 2 is 1.50 bits per heavy atom. The fourth-order valence-electron chi connectivity index (χ4n) is 0.0596. The molecule has 0 fully saturated rings. The summed E-state index contributed by atoms with van der Waals surface area (Å²) in [6, 6.07) is 0. The van der Waals surface area contributed by atoms with E-state index in [1.54, 1.807) is 0 Å². The van der Waals surface area contributed by atoms with Gasteiger partial charge in [-0.2, -0.15) is 0 Å². The third kappa shape index (κ3) is 1.83. The van der Waals surface area contributed by atoms with Crippen molar-refractivity contribution in [1.29, 1.82) is 0 Å². The molecule has 8 heavy (non-hydrogen) atoms. The van der Waals surface area contributed by atoms with Crippen molar-refractivity contribution >= 4 is 0 Å². The molecule has 0 bridgehead atoms. The second-order valence-corrected chi connectivity index (χ2v) is 1.60. The Morgan fingerprint density at radius 1 is 1.25 bits per heavy atom. The van der Waals surface area contributed by atoms with Crippen LogP contribution < -0.4 is 0 Å². The van der Waals surface area contributed by atoms with Gasteiger partial charge in [-0.15, -0.1) is 0 Å². The Labute approximate surface area is 54.7 Å². The molecule has 0 aliphatic carbocycles. The van der Waals surface area contributed by atoms with Gasteiger partial charge in [-0.3, -0.25) is 0 Å². The van der Waals surface area contributed by atoms with Gasteiger partial charge >= 0.3 is 54.0 Å². The first-order valence-electron chi connectivity index (χ1n) is 1.27. The van der Waals surface area contributed by atoms with Crippen LogP contribution in [0.25, 0.3) is 0 Å². The first-order chi connectivity index (χ1) is 3.55. The first kappa shape index (κ1) is 7.29. The van der Waals surface area contributed by atoms with Crippen LogP contribution in [0, 0.1) is 20.2 Å². The molecule has 0 spiro atoms.